The minimum Gasteiger partial charge on any atom is -0.494 e. The second kappa shape index (κ2) is 13.1. The van der Waals surface area contributed by atoms with E-state index in [0.717, 1.165) is 6.26 Å². The molecular weight excluding hydrogens is 506 g/mol. The van der Waals surface area contributed by atoms with Crippen LogP contribution in [0.25, 0.3) is 0 Å². The predicted octanol–water partition coefficient (Wildman–Crippen LogP) is 2.79. The molecule has 10 nitrogen and oxygen atoms in total. The van der Waals surface area contributed by atoms with Gasteiger partial charge in [0.2, 0.25) is 20.0 Å². The Labute approximate surface area is 214 Å². The minimum absolute atomic E-state index is 0.0757. The highest BCUT2D eigenvalue weighted by molar-refractivity contribution is 7.92. The highest BCUT2D eigenvalue weighted by Gasteiger charge is 2.19. The molecule has 2 aromatic carbocycles. The van der Waals surface area contributed by atoms with Crippen molar-refractivity contribution < 1.29 is 31.4 Å². The molecule has 0 bridgehead atoms. The summed E-state index contributed by atoms with van der Waals surface area (Å²) in [5, 5.41) is 13.6. The van der Waals surface area contributed by atoms with Crippen LogP contribution in [0.3, 0.4) is 0 Å². The van der Waals surface area contributed by atoms with Crippen LogP contribution in [-0.4, -0.2) is 65.4 Å². The first-order valence-corrected chi connectivity index (χ1v) is 15.2. The summed E-state index contributed by atoms with van der Waals surface area (Å²) in [6.45, 7) is 6.64. The second-order valence-electron chi connectivity index (χ2n) is 9.17. The van der Waals surface area contributed by atoms with E-state index >= 15 is 0 Å². The first-order chi connectivity index (χ1) is 16.8. The Kier molecular flexibility index (Phi) is 10.8. The van der Waals surface area contributed by atoms with E-state index in [1.54, 1.807) is 48.5 Å². The van der Waals surface area contributed by atoms with Gasteiger partial charge in [0, 0.05) is 23.5 Å². The van der Waals surface area contributed by atoms with E-state index in [1.807, 2.05) is 20.8 Å². The van der Waals surface area contributed by atoms with E-state index in [9.17, 15) is 21.9 Å². The molecule has 1 unspecified atom stereocenters. The minimum atomic E-state index is -3.34. The SMILES string of the molecule is CCCS(=O)(=O)Nc1ccc(OCCC(C)(C)NCC(O)COc2ccc(NS(C)(=O)=O)cc2)cc1. The van der Waals surface area contributed by atoms with Gasteiger partial charge in [0.05, 0.1) is 18.6 Å². The van der Waals surface area contributed by atoms with Gasteiger partial charge in [-0.05, 0) is 75.2 Å². The first-order valence-electron chi connectivity index (χ1n) is 11.6. The number of hydrogen-bond acceptors (Lipinski definition) is 8. The number of rotatable bonds is 16. The van der Waals surface area contributed by atoms with Gasteiger partial charge < -0.3 is 19.9 Å². The number of β-amino-alcohol motifs (C(OH)–C–C–N with tert-alkyl or cyclic N) is 1. The Bertz CT molecular complexity index is 1150. The van der Waals surface area contributed by atoms with Crippen molar-refractivity contribution in [3.05, 3.63) is 48.5 Å². The fourth-order valence-corrected chi connectivity index (χ4v) is 4.81. The van der Waals surface area contributed by atoms with Gasteiger partial charge in [-0.2, -0.15) is 0 Å². The summed E-state index contributed by atoms with van der Waals surface area (Å²) in [5.41, 5.74) is 0.620. The van der Waals surface area contributed by atoms with Crippen molar-refractivity contribution in [2.45, 2.75) is 45.3 Å². The summed E-state index contributed by atoms with van der Waals surface area (Å²) in [6, 6.07) is 13.2. The third kappa shape index (κ3) is 11.9. The average molecular weight is 544 g/mol. The monoisotopic (exact) mass is 543 g/mol. The van der Waals surface area contributed by atoms with Gasteiger partial charge in [0.1, 0.15) is 24.2 Å². The van der Waals surface area contributed by atoms with E-state index in [4.69, 9.17) is 9.47 Å². The van der Waals surface area contributed by atoms with Crippen LogP contribution < -0.4 is 24.2 Å². The van der Waals surface area contributed by atoms with Crippen LogP contribution in [-0.2, 0) is 20.0 Å². The highest BCUT2D eigenvalue weighted by atomic mass is 32.2. The zero-order valence-electron chi connectivity index (χ0n) is 21.2. The molecule has 0 saturated carbocycles. The summed E-state index contributed by atoms with van der Waals surface area (Å²) >= 11 is 0. The van der Waals surface area contributed by atoms with Gasteiger partial charge in [0.15, 0.2) is 0 Å². The van der Waals surface area contributed by atoms with E-state index in [1.165, 1.54) is 0 Å². The number of aliphatic hydroxyl groups is 1. The Morgan fingerprint density at radius 1 is 0.889 bits per heavy atom. The number of anilines is 2. The molecule has 0 spiro atoms. The van der Waals surface area contributed by atoms with Crippen molar-refractivity contribution >= 4 is 31.4 Å². The predicted molar refractivity (Wildman–Crippen MR) is 143 cm³/mol. The maximum atomic E-state index is 11.8. The van der Waals surface area contributed by atoms with Gasteiger partial charge in [-0.1, -0.05) is 6.92 Å². The standard InChI is InChI=1S/C24H37N3O7S2/c1-5-16-36(31,32)27-20-8-10-22(11-9-20)33-15-14-24(2,3)25-17-21(28)18-34-23-12-6-19(7-13-23)26-35(4,29)30/h6-13,21,25-28H,5,14-18H2,1-4H3. The van der Waals surface area contributed by atoms with Crippen molar-refractivity contribution in [1.29, 1.82) is 0 Å². The van der Waals surface area contributed by atoms with Crippen molar-refractivity contribution in [3.63, 3.8) is 0 Å². The number of sulfonamides is 2. The lowest BCUT2D eigenvalue weighted by molar-refractivity contribution is 0.0965. The van der Waals surface area contributed by atoms with Crippen LogP contribution in [0.5, 0.6) is 11.5 Å². The Morgan fingerprint density at radius 3 is 1.94 bits per heavy atom. The normalized spacial score (nSPS) is 13.1. The summed E-state index contributed by atoms with van der Waals surface area (Å²) in [4.78, 5) is 0. The topological polar surface area (TPSA) is 143 Å². The van der Waals surface area contributed by atoms with Gasteiger partial charge >= 0.3 is 0 Å². The number of nitrogens with one attached hydrogen (secondary N) is 3. The van der Waals surface area contributed by atoms with E-state index < -0.39 is 26.2 Å². The summed E-state index contributed by atoms with van der Waals surface area (Å²) < 4.78 is 62.5. The number of hydrogen-bond donors (Lipinski definition) is 4. The molecule has 1 atom stereocenters. The number of benzene rings is 2. The van der Waals surface area contributed by atoms with Crippen LogP contribution >= 0.6 is 0 Å². The van der Waals surface area contributed by atoms with Gasteiger partial charge in [-0.15, -0.1) is 0 Å². The van der Waals surface area contributed by atoms with Gasteiger partial charge in [-0.3, -0.25) is 9.44 Å². The van der Waals surface area contributed by atoms with Crippen molar-refractivity contribution in [2.24, 2.45) is 0 Å². The lowest BCUT2D eigenvalue weighted by Crippen LogP contribution is -2.45. The molecule has 0 aliphatic carbocycles. The molecule has 0 fully saturated rings. The van der Waals surface area contributed by atoms with Crippen LogP contribution in [0.4, 0.5) is 11.4 Å². The third-order valence-electron chi connectivity index (χ3n) is 5.01. The Morgan fingerprint density at radius 2 is 1.42 bits per heavy atom. The Hall–Kier alpha value is -2.54. The third-order valence-corrected chi connectivity index (χ3v) is 7.11. The average Bonchev–Trinajstić information content (AvgIpc) is 2.77. The summed E-state index contributed by atoms with van der Waals surface area (Å²) in [7, 11) is -6.67. The van der Waals surface area contributed by atoms with Crippen LogP contribution in [0.2, 0.25) is 0 Å². The van der Waals surface area contributed by atoms with Crippen LogP contribution in [0, 0.1) is 0 Å². The quantitative estimate of drug-likeness (QED) is 0.253. The molecule has 0 aliphatic heterocycles. The number of aliphatic hydroxyl groups excluding tert-OH is 1. The first kappa shape index (κ1) is 29.7. The number of ether oxygens (including phenoxy) is 2. The Balaban J connectivity index is 1.70. The smallest absolute Gasteiger partial charge is 0.232 e. The summed E-state index contributed by atoms with van der Waals surface area (Å²) in [5.74, 6) is 1.23. The molecule has 36 heavy (non-hydrogen) atoms. The zero-order valence-corrected chi connectivity index (χ0v) is 22.8. The molecule has 0 radical (unpaired) electrons. The molecule has 2 aromatic rings. The molecule has 0 amide bonds. The maximum absolute atomic E-state index is 11.8. The molecule has 0 aliphatic rings. The molecule has 12 heteroatoms. The highest BCUT2D eigenvalue weighted by Crippen LogP contribution is 2.19. The van der Waals surface area contributed by atoms with Crippen molar-refractivity contribution in [1.82, 2.24) is 5.32 Å². The molecule has 2 rings (SSSR count). The fourth-order valence-electron chi connectivity index (χ4n) is 3.11. The molecule has 4 N–H and O–H groups in total. The molecule has 0 saturated heterocycles. The lowest BCUT2D eigenvalue weighted by Gasteiger charge is -2.28. The lowest BCUT2D eigenvalue weighted by atomic mass is 10.0. The second-order valence-corrected chi connectivity index (χ2v) is 12.8. The summed E-state index contributed by atoms with van der Waals surface area (Å²) in [6.07, 6.45) is 1.54. The van der Waals surface area contributed by atoms with Crippen LogP contribution in [0.1, 0.15) is 33.6 Å². The van der Waals surface area contributed by atoms with Crippen molar-refractivity contribution in [2.75, 3.05) is 41.2 Å². The van der Waals surface area contributed by atoms with Gasteiger partial charge in [-0.25, -0.2) is 16.8 Å². The zero-order chi connectivity index (χ0) is 26.8. The molecular formula is C24H37N3O7S2. The van der Waals surface area contributed by atoms with E-state index in [-0.39, 0.29) is 17.9 Å². The maximum Gasteiger partial charge on any atom is 0.232 e. The molecule has 202 valence electrons. The van der Waals surface area contributed by atoms with E-state index in [2.05, 4.69) is 14.8 Å². The van der Waals surface area contributed by atoms with Crippen LogP contribution in [0.15, 0.2) is 48.5 Å². The largest absolute Gasteiger partial charge is 0.494 e. The fraction of sp³-hybridized carbons (Fsp3) is 0.500. The van der Waals surface area contributed by atoms with E-state index in [0.29, 0.717) is 48.9 Å². The molecule has 0 aromatic heterocycles. The van der Waals surface area contributed by atoms with Gasteiger partial charge in [0.25, 0.3) is 0 Å². The van der Waals surface area contributed by atoms with Crippen molar-refractivity contribution in [3.8, 4) is 11.5 Å². The molecule has 0 heterocycles.